The molecular formula is C21H29N3O4. The summed E-state index contributed by atoms with van der Waals surface area (Å²) in [5.74, 6) is -1.05. The van der Waals surface area contributed by atoms with Crippen molar-refractivity contribution < 1.29 is 19.5 Å². The molecule has 3 rings (SSSR count). The van der Waals surface area contributed by atoms with Crippen LogP contribution in [0.2, 0.25) is 0 Å². The van der Waals surface area contributed by atoms with E-state index in [-0.39, 0.29) is 30.4 Å². The highest BCUT2D eigenvalue weighted by Gasteiger charge is 2.47. The molecular weight excluding hydrogens is 358 g/mol. The number of likely N-dealkylation sites (tertiary alicyclic amines) is 1. The lowest BCUT2D eigenvalue weighted by atomic mass is 9.84. The monoisotopic (exact) mass is 387 g/mol. The van der Waals surface area contributed by atoms with E-state index in [4.69, 9.17) is 5.11 Å². The number of hydrogen-bond donors (Lipinski definition) is 2. The molecule has 2 amide bonds. The lowest BCUT2D eigenvalue weighted by Crippen LogP contribution is -2.61. The van der Waals surface area contributed by atoms with Crippen LogP contribution in [0.5, 0.6) is 0 Å². The minimum atomic E-state index is -0.844. The first-order valence-corrected chi connectivity index (χ1v) is 9.99. The molecule has 1 heterocycles. The summed E-state index contributed by atoms with van der Waals surface area (Å²) >= 11 is 0. The normalized spacial score (nSPS) is 26.8. The maximum absolute atomic E-state index is 13.0. The van der Waals surface area contributed by atoms with Gasteiger partial charge in [0.2, 0.25) is 5.91 Å². The van der Waals surface area contributed by atoms with Crippen LogP contribution >= 0.6 is 0 Å². The number of carbonyl (C=O) groups excluding carboxylic acids is 2. The standard InChI is InChI=1S/C21H29N3O4/c1-3-23(14-18(25)26)17-12-16(13-17)22-20(28)21(2)10-7-11-24(21)19(27)15-8-5-4-6-9-15/h4-6,8-9,16-17H,3,7,10-14H2,1-2H3,(H,22,28)(H,25,26). The molecule has 0 spiro atoms. The maximum Gasteiger partial charge on any atom is 0.317 e. The molecule has 0 radical (unpaired) electrons. The number of likely N-dealkylation sites (N-methyl/N-ethyl adjacent to an activating group) is 1. The summed E-state index contributed by atoms with van der Waals surface area (Å²) in [5.41, 5.74) is -0.247. The molecule has 28 heavy (non-hydrogen) atoms. The number of carboxylic acids is 1. The van der Waals surface area contributed by atoms with E-state index in [1.54, 1.807) is 17.0 Å². The van der Waals surface area contributed by atoms with Gasteiger partial charge in [0.1, 0.15) is 5.54 Å². The predicted octanol–water partition coefficient (Wildman–Crippen LogP) is 1.74. The van der Waals surface area contributed by atoms with E-state index < -0.39 is 11.5 Å². The highest BCUT2D eigenvalue weighted by atomic mass is 16.4. The first-order valence-electron chi connectivity index (χ1n) is 9.99. The van der Waals surface area contributed by atoms with E-state index in [1.807, 2.05) is 36.9 Å². The molecule has 0 bridgehead atoms. The van der Waals surface area contributed by atoms with Gasteiger partial charge < -0.3 is 15.3 Å². The average molecular weight is 387 g/mol. The van der Waals surface area contributed by atoms with E-state index >= 15 is 0 Å². The summed E-state index contributed by atoms with van der Waals surface area (Å²) in [7, 11) is 0. The molecule has 7 nitrogen and oxygen atoms in total. The number of carboxylic acid groups (broad SMARTS) is 1. The zero-order valence-corrected chi connectivity index (χ0v) is 16.6. The van der Waals surface area contributed by atoms with Crippen molar-refractivity contribution in [3.63, 3.8) is 0 Å². The number of amides is 2. The summed E-state index contributed by atoms with van der Waals surface area (Å²) in [4.78, 5) is 40.5. The van der Waals surface area contributed by atoms with Crippen molar-refractivity contribution in [3.8, 4) is 0 Å². The van der Waals surface area contributed by atoms with Gasteiger partial charge in [-0.15, -0.1) is 0 Å². The van der Waals surface area contributed by atoms with Crippen LogP contribution in [0.25, 0.3) is 0 Å². The minimum absolute atomic E-state index is 0.0267. The first-order chi connectivity index (χ1) is 13.3. The Hall–Kier alpha value is -2.41. The van der Waals surface area contributed by atoms with Gasteiger partial charge in [0, 0.05) is 24.2 Å². The number of carbonyl (C=O) groups is 3. The van der Waals surface area contributed by atoms with E-state index in [1.165, 1.54) is 0 Å². The Bertz CT molecular complexity index is 732. The van der Waals surface area contributed by atoms with Gasteiger partial charge in [0.25, 0.3) is 5.91 Å². The second-order valence-corrected chi connectivity index (χ2v) is 7.95. The van der Waals surface area contributed by atoms with Gasteiger partial charge in [-0.1, -0.05) is 25.1 Å². The van der Waals surface area contributed by atoms with Crippen molar-refractivity contribution in [2.45, 2.75) is 57.2 Å². The molecule has 1 aromatic carbocycles. The molecule has 1 saturated carbocycles. The predicted molar refractivity (Wildman–Crippen MR) is 105 cm³/mol. The van der Waals surface area contributed by atoms with Crippen LogP contribution in [-0.2, 0) is 9.59 Å². The molecule has 1 atom stereocenters. The highest BCUT2D eigenvalue weighted by Crippen LogP contribution is 2.32. The topological polar surface area (TPSA) is 90.0 Å². The van der Waals surface area contributed by atoms with Gasteiger partial charge in [0.15, 0.2) is 0 Å². The Labute approximate surface area is 165 Å². The summed E-state index contributed by atoms with van der Waals surface area (Å²) in [6, 6.07) is 9.28. The molecule has 2 aliphatic rings. The third-order valence-electron chi connectivity index (χ3n) is 6.11. The van der Waals surface area contributed by atoms with Crippen LogP contribution in [0.3, 0.4) is 0 Å². The molecule has 1 aromatic rings. The van der Waals surface area contributed by atoms with Gasteiger partial charge >= 0.3 is 5.97 Å². The molecule has 2 fully saturated rings. The third-order valence-corrected chi connectivity index (χ3v) is 6.11. The van der Waals surface area contributed by atoms with Crippen molar-refractivity contribution in [3.05, 3.63) is 35.9 Å². The summed E-state index contributed by atoms with van der Waals surface area (Å²) in [6.07, 6.45) is 2.94. The molecule has 1 unspecified atom stereocenters. The van der Waals surface area contributed by atoms with Gasteiger partial charge in [0.05, 0.1) is 6.54 Å². The van der Waals surface area contributed by atoms with Gasteiger partial charge in [-0.05, 0) is 51.3 Å². The maximum atomic E-state index is 13.0. The van der Waals surface area contributed by atoms with Crippen molar-refractivity contribution in [2.24, 2.45) is 0 Å². The smallest absolute Gasteiger partial charge is 0.317 e. The first kappa shape index (κ1) is 20.3. The number of aliphatic carboxylic acids is 1. The molecule has 1 aliphatic heterocycles. The SMILES string of the molecule is CCN(CC(=O)O)C1CC(NC(=O)C2(C)CCCN2C(=O)c2ccccc2)C1. The molecule has 1 saturated heterocycles. The Morgan fingerprint density at radius 3 is 2.54 bits per heavy atom. The third kappa shape index (κ3) is 4.04. The van der Waals surface area contributed by atoms with E-state index in [0.717, 1.165) is 19.3 Å². The highest BCUT2D eigenvalue weighted by molar-refractivity contribution is 5.99. The lowest BCUT2D eigenvalue weighted by molar-refractivity contribution is -0.140. The van der Waals surface area contributed by atoms with Gasteiger partial charge in [-0.2, -0.15) is 0 Å². The molecule has 2 N–H and O–H groups in total. The van der Waals surface area contributed by atoms with Crippen LogP contribution in [0.4, 0.5) is 0 Å². The fraction of sp³-hybridized carbons (Fsp3) is 0.571. The van der Waals surface area contributed by atoms with Crippen molar-refractivity contribution >= 4 is 17.8 Å². The second kappa shape index (κ2) is 8.31. The average Bonchev–Trinajstić information content (AvgIpc) is 3.05. The summed E-state index contributed by atoms with van der Waals surface area (Å²) in [5, 5.41) is 12.1. The minimum Gasteiger partial charge on any atom is -0.480 e. The Morgan fingerprint density at radius 2 is 1.93 bits per heavy atom. The zero-order chi connectivity index (χ0) is 20.3. The van der Waals surface area contributed by atoms with E-state index in [0.29, 0.717) is 25.1 Å². The lowest BCUT2D eigenvalue weighted by Gasteiger charge is -2.44. The van der Waals surface area contributed by atoms with Crippen LogP contribution in [-0.4, -0.2) is 69.9 Å². The Kier molecular flexibility index (Phi) is 6.03. The van der Waals surface area contributed by atoms with Crippen molar-refractivity contribution in [1.29, 1.82) is 0 Å². The van der Waals surface area contributed by atoms with Crippen LogP contribution < -0.4 is 5.32 Å². The number of nitrogens with zero attached hydrogens (tertiary/aromatic N) is 2. The van der Waals surface area contributed by atoms with E-state index in [9.17, 15) is 14.4 Å². The van der Waals surface area contributed by atoms with E-state index in [2.05, 4.69) is 5.32 Å². The number of benzene rings is 1. The van der Waals surface area contributed by atoms with Crippen LogP contribution in [0.1, 0.15) is 49.9 Å². The zero-order valence-electron chi connectivity index (χ0n) is 16.6. The summed E-state index contributed by atoms with van der Waals surface area (Å²) < 4.78 is 0. The number of rotatable bonds is 7. The molecule has 1 aliphatic carbocycles. The van der Waals surface area contributed by atoms with Crippen molar-refractivity contribution in [1.82, 2.24) is 15.1 Å². The second-order valence-electron chi connectivity index (χ2n) is 7.95. The van der Waals surface area contributed by atoms with Gasteiger partial charge in [-0.25, -0.2) is 0 Å². The fourth-order valence-electron chi connectivity index (χ4n) is 4.28. The quantitative estimate of drug-likeness (QED) is 0.744. The number of nitrogens with one attached hydrogen (secondary N) is 1. The molecule has 7 heteroatoms. The van der Waals surface area contributed by atoms with Crippen LogP contribution in [0.15, 0.2) is 30.3 Å². The fourth-order valence-corrected chi connectivity index (χ4v) is 4.28. The summed E-state index contributed by atoms with van der Waals surface area (Å²) in [6.45, 7) is 5.07. The molecule has 0 aromatic heterocycles. The van der Waals surface area contributed by atoms with Crippen LogP contribution in [0, 0.1) is 0 Å². The number of hydrogen-bond acceptors (Lipinski definition) is 4. The van der Waals surface area contributed by atoms with Crippen molar-refractivity contribution in [2.75, 3.05) is 19.6 Å². The van der Waals surface area contributed by atoms with Gasteiger partial charge in [-0.3, -0.25) is 19.3 Å². The Balaban J connectivity index is 1.59. The molecule has 152 valence electrons. The largest absolute Gasteiger partial charge is 0.480 e. The Morgan fingerprint density at radius 1 is 1.25 bits per heavy atom.